The van der Waals surface area contributed by atoms with Crippen molar-refractivity contribution in [2.75, 3.05) is 54.0 Å². The van der Waals surface area contributed by atoms with Crippen LogP contribution in [-0.2, 0) is 4.74 Å². The largest absolute Gasteiger partial charge is 0.384 e. The summed E-state index contributed by atoms with van der Waals surface area (Å²) in [6.45, 7) is 9.37. The molecule has 0 radical (unpaired) electrons. The Balaban J connectivity index is 0.00000361. The van der Waals surface area contributed by atoms with E-state index in [2.05, 4.69) is 41.0 Å². The minimum Gasteiger partial charge on any atom is -0.384 e. The lowest BCUT2D eigenvalue weighted by Crippen LogP contribution is -2.43. The normalized spacial score (nSPS) is 19.6. The summed E-state index contributed by atoms with van der Waals surface area (Å²) in [6, 6.07) is 0.585. The molecule has 0 bridgehead atoms. The Morgan fingerprint density at radius 2 is 2.20 bits per heavy atom. The molecule has 1 aliphatic rings. The molecule has 1 heterocycles. The van der Waals surface area contributed by atoms with Crippen molar-refractivity contribution >= 4 is 29.9 Å². The molecule has 1 atom stereocenters. The van der Waals surface area contributed by atoms with Gasteiger partial charge in [0.15, 0.2) is 5.96 Å². The maximum absolute atomic E-state index is 5.23. The van der Waals surface area contributed by atoms with Crippen molar-refractivity contribution in [3.63, 3.8) is 0 Å². The standard InChI is InChI=1S/C14H30N4O.HI/c1-12(2)17(4)9-7-16-14(15-3)18-8-6-13(10-18)11-19-5;/h12-13H,6-11H2,1-5H3,(H,15,16);1H. The van der Waals surface area contributed by atoms with Gasteiger partial charge in [0.1, 0.15) is 0 Å². The van der Waals surface area contributed by atoms with Gasteiger partial charge in [-0.25, -0.2) is 0 Å². The summed E-state index contributed by atoms with van der Waals surface area (Å²) in [6.07, 6.45) is 1.19. The van der Waals surface area contributed by atoms with Gasteiger partial charge in [0.2, 0.25) is 0 Å². The molecular formula is C14H31IN4O. The van der Waals surface area contributed by atoms with Gasteiger partial charge in [-0.15, -0.1) is 24.0 Å². The Labute approximate surface area is 141 Å². The zero-order chi connectivity index (χ0) is 14.3. The van der Waals surface area contributed by atoms with Crippen LogP contribution in [0.15, 0.2) is 4.99 Å². The lowest BCUT2D eigenvalue weighted by molar-refractivity contribution is 0.157. The second kappa shape index (κ2) is 10.6. The highest BCUT2D eigenvalue weighted by molar-refractivity contribution is 14.0. The average molecular weight is 398 g/mol. The summed E-state index contributed by atoms with van der Waals surface area (Å²) in [5.41, 5.74) is 0. The van der Waals surface area contributed by atoms with Crippen molar-refractivity contribution < 1.29 is 4.74 Å². The summed E-state index contributed by atoms with van der Waals surface area (Å²) in [7, 11) is 5.79. The lowest BCUT2D eigenvalue weighted by Gasteiger charge is -2.25. The lowest BCUT2D eigenvalue weighted by atomic mass is 10.1. The quantitative estimate of drug-likeness (QED) is 0.418. The Kier molecular flexibility index (Phi) is 10.6. The maximum Gasteiger partial charge on any atom is 0.193 e. The fraction of sp³-hybridized carbons (Fsp3) is 0.929. The molecule has 0 amide bonds. The zero-order valence-electron chi connectivity index (χ0n) is 13.6. The number of ether oxygens (including phenoxy) is 1. The van der Waals surface area contributed by atoms with Gasteiger partial charge >= 0.3 is 0 Å². The Morgan fingerprint density at radius 1 is 1.50 bits per heavy atom. The van der Waals surface area contributed by atoms with Gasteiger partial charge < -0.3 is 19.9 Å². The Morgan fingerprint density at radius 3 is 2.75 bits per heavy atom. The van der Waals surface area contributed by atoms with Crippen LogP contribution in [0.1, 0.15) is 20.3 Å². The van der Waals surface area contributed by atoms with E-state index in [0.717, 1.165) is 38.7 Å². The number of nitrogens with one attached hydrogen (secondary N) is 1. The number of aliphatic imine (C=N–C) groups is 1. The minimum absolute atomic E-state index is 0. The first-order valence-corrected chi connectivity index (χ1v) is 7.23. The van der Waals surface area contributed by atoms with E-state index >= 15 is 0 Å². The number of rotatable bonds is 6. The van der Waals surface area contributed by atoms with Gasteiger partial charge in [0.05, 0.1) is 6.61 Å². The molecule has 0 aliphatic carbocycles. The van der Waals surface area contributed by atoms with E-state index in [9.17, 15) is 0 Å². The molecule has 0 aromatic carbocycles. The van der Waals surface area contributed by atoms with E-state index in [0.29, 0.717) is 12.0 Å². The summed E-state index contributed by atoms with van der Waals surface area (Å²) in [5, 5.41) is 3.45. The summed E-state index contributed by atoms with van der Waals surface area (Å²) < 4.78 is 5.23. The third-order valence-electron chi connectivity index (χ3n) is 3.83. The number of likely N-dealkylation sites (tertiary alicyclic amines) is 1. The van der Waals surface area contributed by atoms with E-state index in [1.165, 1.54) is 6.42 Å². The molecule has 20 heavy (non-hydrogen) atoms. The molecule has 6 heteroatoms. The number of nitrogens with zero attached hydrogens (tertiary/aromatic N) is 3. The molecule has 1 N–H and O–H groups in total. The maximum atomic E-state index is 5.23. The molecule has 0 saturated carbocycles. The number of methoxy groups -OCH3 is 1. The zero-order valence-corrected chi connectivity index (χ0v) is 15.9. The Bertz CT molecular complexity index is 286. The predicted molar refractivity (Wildman–Crippen MR) is 96.1 cm³/mol. The number of hydrogen-bond donors (Lipinski definition) is 1. The number of hydrogen-bond acceptors (Lipinski definition) is 3. The van der Waals surface area contributed by atoms with E-state index in [1.807, 2.05) is 7.05 Å². The first kappa shape index (κ1) is 19.9. The fourth-order valence-corrected chi connectivity index (χ4v) is 2.33. The predicted octanol–water partition coefficient (Wildman–Crippen LogP) is 1.49. The SMILES string of the molecule is CN=C(NCCN(C)C(C)C)N1CCC(COC)C1.I. The van der Waals surface area contributed by atoms with E-state index in [1.54, 1.807) is 7.11 Å². The minimum atomic E-state index is 0. The molecule has 1 saturated heterocycles. The van der Waals surface area contributed by atoms with E-state index < -0.39 is 0 Å². The van der Waals surface area contributed by atoms with Crippen LogP contribution in [0, 0.1) is 5.92 Å². The van der Waals surface area contributed by atoms with Crippen LogP contribution in [0.4, 0.5) is 0 Å². The molecule has 1 unspecified atom stereocenters. The van der Waals surface area contributed by atoms with E-state index in [-0.39, 0.29) is 24.0 Å². The molecule has 1 rings (SSSR count). The molecule has 0 aromatic heterocycles. The van der Waals surface area contributed by atoms with Crippen LogP contribution in [0.5, 0.6) is 0 Å². The van der Waals surface area contributed by atoms with Crippen LogP contribution >= 0.6 is 24.0 Å². The highest BCUT2D eigenvalue weighted by Crippen LogP contribution is 2.16. The third kappa shape index (κ3) is 6.58. The van der Waals surface area contributed by atoms with Gasteiger partial charge in [0.25, 0.3) is 0 Å². The van der Waals surface area contributed by atoms with Gasteiger partial charge in [-0.3, -0.25) is 4.99 Å². The van der Waals surface area contributed by atoms with Gasteiger partial charge in [-0.1, -0.05) is 0 Å². The highest BCUT2D eigenvalue weighted by atomic mass is 127. The molecular weight excluding hydrogens is 367 g/mol. The van der Waals surface area contributed by atoms with Crippen molar-refractivity contribution in [1.29, 1.82) is 0 Å². The molecule has 120 valence electrons. The van der Waals surface area contributed by atoms with Crippen molar-refractivity contribution in [2.45, 2.75) is 26.3 Å². The van der Waals surface area contributed by atoms with Gasteiger partial charge in [-0.05, 0) is 27.3 Å². The van der Waals surface area contributed by atoms with Crippen LogP contribution < -0.4 is 5.32 Å². The van der Waals surface area contributed by atoms with Crippen LogP contribution in [0.2, 0.25) is 0 Å². The summed E-state index contributed by atoms with van der Waals surface area (Å²) in [5.74, 6) is 1.66. The van der Waals surface area contributed by atoms with Crippen molar-refractivity contribution in [1.82, 2.24) is 15.1 Å². The van der Waals surface area contributed by atoms with Gasteiger partial charge in [0, 0.05) is 52.3 Å². The molecule has 1 aliphatic heterocycles. The number of likely N-dealkylation sites (N-methyl/N-ethyl adjacent to an activating group) is 1. The van der Waals surface area contributed by atoms with Crippen molar-refractivity contribution in [2.24, 2.45) is 10.9 Å². The van der Waals surface area contributed by atoms with Crippen molar-refractivity contribution in [3.8, 4) is 0 Å². The van der Waals surface area contributed by atoms with Crippen LogP contribution in [0.25, 0.3) is 0 Å². The second-order valence-electron chi connectivity index (χ2n) is 5.60. The monoisotopic (exact) mass is 398 g/mol. The topological polar surface area (TPSA) is 40.1 Å². The van der Waals surface area contributed by atoms with Crippen LogP contribution in [-0.4, -0.2) is 75.8 Å². The highest BCUT2D eigenvalue weighted by Gasteiger charge is 2.24. The Hall–Kier alpha value is -0.0800. The van der Waals surface area contributed by atoms with Crippen molar-refractivity contribution in [3.05, 3.63) is 0 Å². The first-order chi connectivity index (χ1) is 9.08. The van der Waals surface area contributed by atoms with Crippen LogP contribution in [0.3, 0.4) is 0 Å². The van der Waals surface area contributed by atoms with E-state index in [4.69, 9.17) is 4.74 Å². The number of halogens is 1. The fourth-order valence-electron chi connectivity index (χ4n) is 2.33. The first-order valence-electron chi connectivity index (χ1n) is 7.23. The molecule has 5 nitrogen and oxygen atoms in total. The molecule has 0 spiro atoms. The van der Waals surface area contributed by atoms with Gasteiger partial charge in [-0.2, -0.15) is 0 Å². The smallest absolute Gasteiger partial charge is 0.193 e. The average Bonchev–Trinajstić information content (AvgIpc) is 2.83. The molecule has 0 aromatic rings. The molecule has 1 fully saturated rings. The number of guanidine groups is 1. The third-order valence-corrected chi connectivity index (χ3v) is 3.83. The summed E-state index contributed by atoms with van der Waals surface area (Å²) >= 11 is 0. The summed E-state index contributed by atoms with van der Waals surface area (Å²) in [4.78, 5) is 9.04. The second-order valence-corrected chi connectivity index (χ2v) is 5.60.